The van der Waals surface area contributed by atoms with Gasteiger partial charge in [-0.3, -0.25) is 4.79 Å². The molecule has 1 amide bonds. The van der Waals surface area contributed by atoms with Gasteiger partial charge >= 0.3 is 0 Å². The SMILES string of the molecule is CCCOc1ccc(NC(=O)c2ccc(Cl)nc2)cc1OCCC. The minimum Gasteiger partial charge on any atom is -0.490 e. The van der Waals surface area contributed by atoms with E-state index < -0.39 is 0 Å². The summed E-state index contributed by atoms with van der Waals surface area (Å²) in [5.74, 6) is 1.04. The Balaban J connectivity index is 2.14. The van der Waals surface area contributed by atoms with Crippen LogP contribution in [0.25, 0.3) is 0 Å². The lowest BCUT2D eigenvalue weighted by molar-refractivity contribution is 0.102. The molecule has 2 rings (SSSR count). The summed E-state index contributed by atoms with van der Waals surface area (Å²) in [4.78, 5) is 16.1. The highest BCUT2D eigenvalue weighted by molar-refractivity contribution is 6.29. The van der Waals surface area contributed by atoms with Gasteiger partial charge in [0.2, 0.25) is 0 Å². The molecule has 0 atom stereocenters. The number of carbonyl (C=O) groups excluding carboxylic acids is 1. The van der Waals surface area contributed by atoms with Gasteiger partial charge in [0.1, 0.15) is 5.15 Å². The molecule has 6 heteroatoms. The van der Waals surface area contributed by atoms with Crippen molar-refractivity contribution in [1.29, 1.82) is 0 Å². The quantitative estimate of drug-likeness (QED) is 0.710. The second-order valence-corrected chi connectivity index (χ2v) is 5.57. The van der Waals surface area contributed by atoms with E-state index in [1.54, 1.807) is 30.3 Å². The molecule has 0 spiro atoms. The first kappa shape index (κ1) is 18.1. The maximum Gasteiger partial charge on any atom is 0.257 e. The minimum atomic E-state index is -0.261. The second-order valence-electron chi connectivity index (χ2n) is 5.18. The van der Waals surface area contributed by atoms with Crippen LogP contribution in [0.15, 0.2) is 36.5 Å². The predicted octanol–water partition coefficient (Wildman–Crippen LogP) is 4.56. The smallest absolute Gasteiger partial charge is 0.257 e. The highest BCUT2D eigenvalue weighted by Gasteiger charge is 2.10. The summed E-state index contributed by atoms with van der Waals surface area (Å²) >= 11 is 5.73. The number of nitrogens with zero attached hydrogens (tertiary/aromatic N) is 1. The average Bonchev–Trinajstić information content (AvgIpc) is 2.59. The van der Waals surface area contributed by atoms with Crippen LogP contribution in [-0.2, 0) is 0 Å². The van der Waals surface area contributed by atoms with E-state index in [1.165, 1.54) is 6.20 Å². The highest BCUT2D eigenvalue weighted by atomic mass is 35.5. The lowest BCUT2D eigenvalue weighted by atomic mass is 10.2. The van der Waals surface area contributed by atoms with E-state index in [-0.39, 0.29) is 5.91 Å². The van der Waals surface area contributed by atoms with Crippen LogP contribution in [0.5, 0.6) is 11.5 Å². The van der Waals surface area contributed by atoms with Crippen LogP contribution in [0, 0.1) is 0 Å². The van der Waals surface area contributed by atoms with Crippen LogP contribution in [0.2, 0.25) is 5.15 Å². The molecule has 0 saturated carbocycles. The van der Waals surface area contributed by atoms with E-state index in [9.17, 15) is 4.79 Å². The molecular formula is C18H21ClN2O3. The molecule has 1 heterocycles. The number of ether oxygens (including phenoxy) is 2. The maximum atomic E-state index is 12.2. The molecule has 0 unspecified atom stereocenters. The van der Waals surface area contributed by atoms with Crippen molar-refractivity contribution in [1.82, 2.24) is 4.98 Å². The number of halogens is 1. The number of rotatable bonds is 8. The lowest BCUT2D eigenvalue weighted by Gasteiger charge is -2.14. The zero-order valence-electron chi connectivity index (χ0n) is 13.8. The maximum absolute atomic E-state index is 12.2. The van der Waals surface area contributed by atoms with Gasteiger partial charge in [0, 0.05) is 18.0 Å². The van der Waals surface area contributed by atoms with E-state index >= 15 is 0 Å². The molecule has 24 heavy (non-hydrogen) atoms. The van der Waals surface area contributed by atoms with E-state index in [4.69, 9.17) is 21.1 Å². The van der Waals surface area contributed by atoms with E-state index in [1.807, 2.05) is 13.8 Å². The van der Waals surface area contributed by atoms with Gasteiger partial charge in [0.05, 0.1) is 18.8 Å². The molecule has 0 radical (unpaired) electrons. The fourth-order valence-corrected chi connectivity index (χ4v) is 2.07. The van der Waals surface area contributed by atoms with Crippen molar-refractivity contribution in [3.63, 3.8) is 0 Å². The Hall–Kier alpha value is -2.27. The van der Waals surface area contributed by atoms with Gasteiger partial charge in [0.25, 0.3) is 5.91 Å². The largest absolute Gasteiger partial charge is 0.490 e. The minimum absolute atomic E-state index is 0.261. The Labute approximate surface area is 147 Å². The van der Waals surface area contributed by atoms with Crippen molar-refractivity contribution in [3.05, 3.63) is 47.2 Å². The third-order valence-corrected chi connectivity index (χ3v) is 3.34. The number of hydrogen-bond acceptors (Lipinski definition) is 4. The molecule has 5 nitrogen and oxygen atoms in total. The first-order chi connectivity index (χ1) is 11.6. The van der Waals surface area contributed by atoms with Crippen molar-refractivity contribution < 1.29 is 14.3 Å². The third-order valence-electron chi connectivity index (χ3n) is 3.11. The summed E-state index contributed by atoms with van der Waals surface area (Å²) in [6.45, 7) is 5.28. The van der Waals surface area contributed by atoms with Gasteiger partial charge in [-0.15, -0.1) is 0 Å². The Morgan fingerprint density at radius 1 is 1.08 bits per heavy atom. The van der Waals surface area contributed by atoms with Crippen molar-refractivity contribution in [2.45, 2.75) is 26.7 Å². The van der Waals surface area contributed by atoms with Crippen molar-refractivity contribution in [2.75, 3.05) is 18.5 Å². The number of amides is 1. The molecule has 0 saturated heterocycles. The van der Waals surface area contributed by atoms with Gasteiger partial charge in [-0.2, -0.15) is 0 Å². The second kappa shape index (κ2) is 9.13. The fourth-order valence-electron chi connectivity index (χ4n) is 1.96. The van der Waals surface area contributed by atoms with Crippen LogP contribution < -0.4 is 14.8 Å². The summed E-state index contributed by atoms with van der Waals surface area (Å²) in [6.07, 6.45) is 3.24. The molecule has 1 N–H and O–H groups in total. The molecular weight excluding hydrogens is 328 g/mol. The summed E-state index contributed by atoms with van der Waals surface area (Å²) in [5, 5.41) is 3.17. The van der Waals surface area contributed by atoms with Gasteiger partial charge in [-0.25, -0.2) is 4.98 Å². The molecule has 1 aromatic heterocycles. The monoisotopic (exact) mass is 348 g/mol. The zero-order valence-corrected chi connectivity index (χ0v) is 14.6. The Morgan fingerprint density at radius 3 is 2.42 bits per heavy atom. The average molecular weight is 349 g/mol. The number of benzene rings is 1. The summed E-state index contributed by atoms with van der Waals surface area (Å²) in [7, 11) is 0. The number of nitrogens with one attached hydrogen (secondary N) is 1. The number of aromatic nitrogens is 1. The van der Waals surface area contributed by atoms with Crippen LogP contribution in [-0.4, -0.2) is 24.1 Å². The van der Waals surface area contributed by atoms with Crippen LogP contribution in [0.4, 0.5) is 5.69 Å². The first-order valence-corrected chi connectivity index (χ1v) is 8.34. The van der Waals surface area contributed by atoms with Crippen LogP contribution >= 0.6 is 11.6 Å². The van der Waals surface area contributed by atoms with Gasteiger partial charge in [-0.1, -0.05) is 25.4 Å². The standard InChI is InChI=1S/C18H21ClN2O3/c1-3-9-23-15-7-6-14(11-16(15)24-10-4-2)21-18(22)13-5-8-17(19)20-12-13/h5-8,11-12H,3-4,9-10H2,1-2H3,(H,21,22). The van der Waals surface area contributed by atoms with E-state index in [0.717, 1.165) is 12.8 Å². The summed E-state index contributed by atoms with van der Waals surface area (Å²) < 4.78 is 11.4. The number of pyridine rings is 1. The van der Waals surface area contributed by atoms with E-state index in [0.29, 0.717) is 41.1 Å². The number of anilines is 1. The predicted molar refractivity (Wildman–Crippen MR) is 95.2 cm³/mol. The highest BCUT2D eigenvalue weighted by Crippen LogP contribution is 2.31. The first-order valence-electron chi connectivity index (χ1n) is 7.96. The fraction of sp³-hybridized carbons (Fsp3) is 0.333. The molecule has 0 aliphatic rings. The van der Waals surface area contributed by atoms with Crippen LogP contribution in [0.1, 0.15) is 37.0 Å². The Morgan fingerprint density at radius 2 is 1.79 bits per heavy atom. The molecule has 0 fully saturated rings. The van der Waals surface area contributed by atoms with Crippen LogP contribution in [0.3, 0.4) is 0 Å². The van der Waals surface area contributed by atoms with Gasteiger partial charge < -0.3 is 14.8 Å². The van der Waals surface area contributed by atoms with Gasteiger partial charge in [0.15, 0.2) is 11.5 Å². The molecule has 1 aromatic carbocycles. The molecule has 0 bridgehead atoms. The summed E-state index contributed by atoms with van der Waals surface area (Å²) in [5.41, 5.74) is 1.06. The number of hydrogen-bond donors (Lipinski definition) is 1. The molecule has 128 valence electrons. The third kappa shape index (κ3) is 5.13. The Bertz CT molecular complexity index is 674. The Kier molecular flexibility index (Phi) is 6.88. The van der Waals surface area contributed by atoms with Gasteiger partial charge in [-0.05, 0) is 37.1 Å². The number of carbonyl (C=O) groups is 1. The topological polar surface area (TPSA) is 60.5 Å². The normalized spacial score (nSPS) is 10.3. The summed E-state index contributed by atoms with van der Waals surface area (Å²) in [6, 6.07) is 8.55. The molecule has 2 aromatic rings. The zero-order chi connectivity index (χ0) is 17.4. The molecule has 0 aliphatic heterocycles. The van der Waals surface area contributed by atoms with Crippen molar-refractivity contribution in [3.8, 4) is 11.5 Å². The van der Waals surface area contributed by atoms with Crippen molar-refractivity contribution >= 4 is 23.2 Å². The van der Waals surface area contributed by atoms with E-state index in [2.05, 4.69) is 10.3 Å². The van der Waals surface area contributed by atoms with Crippen molar-refractivity contribution in [2.24, 2.45) is 0 Å². The lowest BCUT2D eigenvalue weighted by Crippen LogP contribution is -2.12. The molecule has 0 aliphatic carbocycles.